The standard InChI is InChI=1S/C20H23F3N4O2/c21-20(22,23)14-29-10-8-24-19(28)26-12-15-5-6-18(25-11-15)27-9-7-16-3-1-2-4-17(16)13-27/h1-6,11H,7-10,12-14H2,(H2,24,26,28). The molecule has 2 aromatic rings. The minimum absolute atomic E-state index is 0.00443. The maximum absolute atomic E-state index is 11.9. The van der Waals surface area contributed by atoms with Crippen LogP contribution in [0.15, 0.2) is 42.6 Å². The largest absolute Gasteiger partial charge is 0.411 e. The van der Waals surface area contributed by atoms with E-state index in [-0.39, 0.29) is 19.7 Å². The molecule has 1 aliphatic heterocycles. The number of hydrogen-bond donors (Lipinski definition) is 2. The van der Waals surface area contributed by atoms with Crippen LogP contribution in [0.25, 0.3) is 0 Å². The van der Waals surface area contributed by atoms with E-state index in [0.29, 0.717) is 0 Å². The third kappa shape index (κ3) is 6.63. The highest BCUT2D eigenvalue weighted by Gasteiger charge is 2.27. The van der Waals surface area contributed by atoms with Crippen molar-refractivity contribution in [2.24, 2.45) is 0 Å². The van der Waals surface area contributed by atoms with E-state index >= 15 is 0 Å². The Balaban J connectivity index is 1.39. The quantitative estimate of drug-likeness (QED) is 0.692. The van der Waals surface area contributed by atoms with Crippen molar-refractivity contribution in [2.45, 2.75) is 25.7 Å². The molecular formula is C20H23F3N4O2. The first-order valence-electron chi connectivity index (χ1n) is 9.33. The van der Waals surface area contributed by atoms with Crippen LogP contribution in [0.5, 0.6) is 0 Å². The fourth-order valence-corrected chi connectivity index (χ4v) is 3.07. The molecule has 0 bridgehead atoms. The highest BCUT2D eigenvalue weighted by Crippen LogP contribution is 2.23. The number of hydrogen-bond acceptors (Lipinski definition) is 4. The number of fused-ring (bicyclic) bond motifs is 1. The molecule has 9 heteroatoms. The van der Waals surface area contributed by atoms with Gasteiger partial charge in [0.1, 0.15) is 12.4 Å². The molecular weight excluding hydrogens is 385 g/mol. The molecule has 1 aromatic carbocycles. The van der Waals surface area contributed by atoms with E-state index in [1.54, 1.807) is 6.20 Å². The Bertz CT molecular complexity index is 812. The van der Waals surface area contributed by atoms with Gasteiger partial charge in [-0.05, 0) is 29.2 Å². The predicted molar refractivity (Wildman–Crippen MR) is 103 cm³/mol. The number of halogens is 3. The highest BCUT2D eigenvalue weighted by atomic mass is 19.4. The van der Waals surface area contributed by atoms with Gasteiger partial charge in [-0.3, -0.25) is 0 Å². The third-order valence-corrected chi connectivity index (χ3v) is 4.51. The van der Waals surface area contributed by atoms with E-state index in [1.807, 2.05) is 18.2 Å². The number of aromatic nitrogens is 1. The van der Waals surface area contributed by atoms with Crippen LogP contribution < -0.4 is 15.5 Å². The van der Waals surface area contributed by atoms with E-state index in [2.05, 4.69) is 43.5 Å². The maximum Gasteiger partial charge on any atom is 0.411 e. The van der Waals surface area contributed by atoms with Crippen LogP contribution in [-0.4, -0.2) is 43.5 Å². The minimum Gasteiger partial charge on any atom is -0.370 e. The Kier molecular flexibility index (Phi) is 6.92. The summed E-state index contributed by atoms with van der Waals surface area (Å²) in [5, 5.41) is 5.08. The molecule has 0 spiro atoms. The van der Waals surface area contributed by atoms with Crippen LogP contribution in [0.1, 0.15) is 16.7 Å². The van der Waals surface area contributed by atoms with Gasteiger partial charge in [-0.1, -0.05) is 30.3 Å². The summed E-state index contributed by atoms with van der Waals surface area (Å²) in [6.07, 6.45) is -1.67. The molecule has 0 saturated heterocycles. The minimum atomic E-state index is -4.36. The Morgan fingerprint density at radius 1 is 1.14 bits per heavy atom. The second-order valence-electron chi connectivity index (χ2n) is 6.74. The van der Waals surface area contributed by atoms with Gasteiger partial charge >= 0.3 is 12.2 Å². The molecule has 0 fully saturated rings. The zero-order chi connectivity index (χ0) is 20.7. The Morgan fingerprint density at radius 2 is 1.93 bits per heavy atom. The van der Waals surface area contributed by atoms with Gasteiger partial charge in [0.05, 0.1) is 6.61 Å². The molecule has 0 atom stereocenters. The van der Waals surface area contributed by atoms with Crippen molar-refractivity contribution >= 4 is 11.8 Å². The number of amides is 2. The van der Waals surface area contributed by atoms with Gasteiger partial charge in [0.2, 0.25) is 0 Å². The summed E-state index contributed by atoms with van der Waals surface area (Å²) in [5.41, 5.74) is 3.51. The molecule has 1 aliphatic rings. The molecule has 156 valence electrons. The maximum atomic E-state index is 11.9. The number of rotatable bonds is 7. The normalized spacial score (nSPS) is 13.7. The summed E-state index contributed by atoms with van der Waals surface area (Å²) < 4.78 is 40.2. The second-order valence-corrected chi connectivity index (χ2v) is 6.74. The molecule has 0 radical (unpaired) electrons. The molecule has 29 heavy (non-hydrogen) atoms. The lowest BCUT2D eigenvalue weighted by Crippen LogP contribution is -2.37. The zero-order valence-electron chi connectivity index (χ0n) is 15.8. The van der Waals surface area contributed by atoms with Gasteiger partial charge in [-0.2, -0.15) is 13.2 Å². The number of anilines is 1. The molecule has 0 saturated carbocycles. The first-order chi connectivity index (χ1) is 13.9. The van der Waals surface area contributed by atoms with E-state index in [4.69, 9.17) is 0 Å². The first kappa shape index (κ1) is 20.9. The van der Waals surface area contributed by atoms with Crippen LogP contribution >= 0.6 is 0 Å². The van der Waals surface area contributed by atoms with Crippen LogP contribution in [0.2, 0.25) is 0 Å². The van der Waals surface area contributed by atoms with Gasteiger partial charge in [0, 0.05) is 32.4 Å². The highest BCUT2D eigenvalue weighted by molar-refractivity contribution is 5.73. The Labute approximate surface area is 167 Å². The van der Waals surface area contributed by atoms with E-state index in [9.17, 15) is 18.0 Å². The average molecular weight is 408 g/mol. The Morgan fingerprint density at radius 3 is 2.66 bits per heavy atom. The fraction of sp³-hybridized carbons (Fsp3) is 0.400. The van der Waals surface area contributed by atoms with Crippen LogP contribution in [-0.2, 0) is 24.2 Å². The summed E-state index contributed by atoms with van der Waals surface area (Å²) in [6, 6.07) is 11.7. The summed E-state index contributed by atoms with van der Waals surface area (Å²) >= 11 is 0. The number of benzene rings is 1. The monoisotopic (exact) mass is 408 g/mol. The number of nitrogens with one attached hydrogen (secondary N) is 2. The summed E-state index contributed by atoms with van der Waals surface area (Å²) in [5.74, 6) is 0.884. The number of carbonyl (C=O) groups excluding carboxylic acids is 1. The topological polar surface area (TPSA) is 66.5 Å². The number of nitrogens with zero attached hydrogens (tertiary/aromatic N) is 2. The van der Waals surface area contributed by atoms with Crippen LogP contribution in [0.3, 0.4) is 0 Å². The molecule has 2 heterocycles. The fourth-order valence-electron chi connectivity index (χ4n) is 3.07. The molecule has 2 amide bonds. The van der Waals surface area contributed by atoms with Gasteiger partial charge in [-0.15, -0.1) is 0 Å². The van der Waals surface area contributed by atoms with Gasteiger partial charge < -0.3 is 20.3 Å². The van der Waals surface area contributed by atoms with E-state index in [1.165, 1.54) is 11.1 Å². The smallest absolute Gasteiger partial charge is 0.370 e. The molecule has 3 rings (SSSR count). The lowest BCUT2D eigenvalue weighted by atomic mass is 10.00. The summed E-state index contributed by atoms with van der Waals surface area (Å²) in [6.45, 7) is 0.458. The van der Waals surface area contributed by atoms with Crippen molar-refractivity contribution in [3.8, 4) is 0 Å². The lowest BCUT2D eigenvalue weighted by Gasteiger charge is -2.29. The van der Waals surface area contributed by atoms with Crippen LogP contribution in [0, 0.1) is 0 Å². The van der Waals surface area contributed by atoms with Gasteiger partial charge in [0.15, 0.2) is 0 Å². The van der Waals surface area contributed by atoms with Crippen molar-refractivity contribution in [1.82, 2.24) is 15.6 Å². The third-order valence-electron chi connectivity index (χ3n) is 4.51. The van der Waals surface area contributed by atoms with Gasteiger partial charge in [-0.25, -0.2) is 9.78 Å². The number of alkyl halides is 3. The first-order valence-corrected chi connectivity index (χ1v) is 9.33. The molecule has 0 unspecified atom stereocenters. The van der Waals surface area contributed by atoms with Crippen molar-refractivity contribution in [3.05, 3.63) is 59.3 Å². The Hall–Kier alpha value is -2.81. The number of ether oxygens (including phenoxy) is 1. The SMILES string of the molecule is O=C(NCCOCC(F)(F)F)NCc1ccc(N2CCc3ccccc3C2)nc1. The molecule has 6 nitrogen and oxygen atoms in total. The van der Waals surface area contributed by atoms with Crippen molar-refractivity contribution in [2.75, 3.05) is 31.2 Å². The predicted octanol–water partition coefficient (Wildman–Crippen LogP) is 3.02. The van der Waals surface area contributed by atoms with Crippen molar-refractivity contribution in [3.63, 3.8) is 0 Å². The van der Waals surface area contributed by atoms with E-state index in [0.717, 1.165) is 30.9 Å². The number of urea groups is 1. The summed E-state index contributed by atoms with van der Waals surface area (Å²) in [7, 11) is 0. The number of pyridine rings is 1. The van der Waals surface area contributed by atoms with E-state index < -0.39 is 18.8 Å². The molecule has 2 N–H and O–H groups in total. The second kappa shape index (κ2) is 9.60. The zero-order valence-corrected chi connectivity index (χ0v) is 15.8. The molecule has 0 aliphatic carbocycles. The lowest BCUT2D eigenvalue weighted by molar-refractivity contribution is -0.173. The van der Waals surface area contributed by atoms with Crippen molar-refractivity contribution in [1.29, 1.82) is 0 Å². The van der Waals surface area contributed by atoms with Gasteiger partial charge in [0.25, 0.3) is 0 Å². The van der Waals surface area contributed by atoms with Crippen molar-refractivity contribution < 1.29 is 22.7 Å². The number of carbonyl (C=O) groups is 1. The summed E-state index contributed by atoms with van der Waals surface area (Å²) in [4.78, 5) is 18.4. The average Bonchev–Trinajstić information content (AvgIpc) is 2.71. The molecule has 1 aromatic heterocycles. The van der Waals surface area contributed by atoms with Crippen LogP contribution in [0.4, 0.5) is 23.8 Å².